The fraction of sp³-hybridized carbons (Fsp3) is 0.235. The van der Waals surface area contributed by atoms with Crippen molar-refractivity contribution >= 4 is 23.2 Å². The minimum Gasteiger partial charge on any atom is -0.450 e. The molecule has 2 heterocycles. The summed E-state index contributed by atoms with van der Waals surface area (Å²) in [6.45, 7) is 4.61. The topological polar surface area (TPSA) is 80.5 Å². The first-order chi connectivity index (χ1) is 11.7. The number of benzene rings is 1. The zero-order valence-corrected chi connectivity index (χ0v) is 13.6. The van der Waals surface area contributed by atoms with Crippen molar-refractivity contribution in [1.82, 2.24) is 14.4 Å². The average molecular weight is 325 g/mol. The van der Waals surface area contributed by atoms with E-state index in [0.29, 0.717) is 18.9 Å². The Kier molecular flexibility index (Phi) is 4.60. The third kappa shape index (κ3) is 3.45. The van der Waals surface area contributed by atoms with Gasteiger partial charge in [-0.05, 0) is 37.6 Å². The van der Waals surface area contributed by atoms with Crippen molar-refractivity contribution in [2.75, 3.05) is 17.2 Å². The van der Waals surface area contributed by atoms with E-state index >= 15 is 0 Å². The maximum absolute atomic E-state index is 11.6. The number of ether oxygens (including phenoxy) is 1. The van der Waals surface area contributed by atoms with Crippen molar-refractivity contribution in [2.24, 2.45) is 0 Å². The summed E-state index contributed by atoms with van der Waals surface area (Å²) in [5.41, 5.74) is 3.47. The average Bonchev–Trinajstić information content (AvgIpc) is 2.99. The van der Waals surface area contributed by atoms with Gasteiger partial charge in [0.1, 0.15) is 0 Å². The molecule has 3 rings (SSSR count). The summed E-state index contributed by atoms with van der Waals surface area (Å²) in [6, 6.07) is 7.54. The molecular weight excluding hydrogens is 306 g/mol. The lowest BCUT2D eigenvalue weighted by Gasteiger charge is -2.13. The second kappa shape index (κ2) is 6.99. The molecule has 0 bridgehead atoms. The molecule has 0 saturated heterocycles. The monoisotopic (exact) mass is 325 g/mol. The number of amides is 1. The van der Waals surface area contributed by atoms with Gasteiger partial charge >= 0.3 is 6.09 Å². The van der Waals surface area contributed by atoms with Crippen LogP contribution in [0.15, 0.2) is 42.9 Å². The van der Waals surface area contributed by atoms with Crippen LogP contribution in [0, 0.1) is 6.92 Å². The number of rotatable bonds is 5. The Labute approximate surface area is 139 Å². The largest absolute Gasteiger partial charge is 0.450 e. The van der Waals surface area contributed by atoms with Gasteiger partial charge in [0.2, 0.25) is 5.78 Å². The lowest BCUT2D eigenvalue weighted by molar-refractivity contribution is 0.168. The number of nitrogens with zero attached hydrogens (tertiary/aromatic N) is 3. The molecule has 24 heavy (non-hydrogen) atoms. The number of carbonyl (C=O) groups is 1. The molecule has 0 aliphatic heterocycles. The Balaban J connectivity index is 1.71. The summed E-state index contributed by atoms with van der Waals surface area (Å²) in [6.07, 6.45) is 5.11. The van der Waals surface area contributed by atoms with Crippen LogP contribution in [-0.2, 0) is 11.3 Å². The molecule has 1 amide bonds. The van der Waals surface area contributed by atoms with Crippen LogP contribution >= 0.6 is 0 Å². The second-order valence-electron chi connectivity index (χ2n) is 5.24. The maximum Gasteiger partial charge on any atom is 0.411 e. The van der Waals surface area contributed by atoms with Crippen LogP contribution in [0.25, 0.3) is 5.78 Å². The van der Waals surface area contributed by atoms with E-state index in [1.54, 1.807) is 13.1 Å². The number of imidazole rings is 1. The van der Waals surface area contributed by atoms with E-state index in [9.17, 15) is 4.79 Å². The van der Waals surface area contributed by atoms with Gasteiger partial charge in [0, 0.05) is 30.0 Å². The van der Waals surface area contributed by atoms with Crippen molar-refractivity contribution in [3.05, 3.63) is 54.1 Å². The first-order valence-corrected chi connectivity index (χ1v) is 7.73. The predicted octanol–water partition coefficient (Wildman–Crippen LogP) is 3.22. The summed E-state index contributed by atoms with van der Waals surface area (Å²) in [4.78, 5) is 20.2. The number of aromatic nitrogens is 3. The third-order valence-electron chi connectivity index (χ3n) is 3.59. The number of anilines is 2. The second-order valence-corrected chi connectivity index (χ2v) is 5.24. The highest BCUT2D eigenvalue weighted by atomic mass is 16.5. The fourth-order valence-corrected chi connectivity index (χ4v) is 2.39. The molecular formula is C17H19N5O2. The SMILES string of the molecule is CCOC(=O)Nc1cccc(NCc2cn3cccnc3n2)c1C. The smallest absolute Gasteiger partial charge is 0.411 e. The number of hydrogen-bond acceptors (Lipinski definition) is 5. The Morgan fingerprint density at radius 3 is 2.92 bits per heavy atom. The van der Waals surface area contributed by atoms with E-state index in [-0.39, 0.29) is 0 Å². The van der Waals surface area contributed by atoms with E-state index in [2.05, 4.69) is 20.6 Å². The van der Waals surface area contributed by atoms with Crippen LogP contribution in [-0.4, -0.2) is 27.1 Å². The van der Waals surface area contributed by atoms with E-state index in [4.69, 9.17) is 4.74 Å². The number of carbonyl (C=O) groups excluding carboxylic acids is 1. The molecule has 0 atom stereocenters. The maximum atomic E-state index is 11.6. The first kappa shape index (κ1) is 15.8. The van der Waals surface area contributed by atoms with Gasteiger partial charge in [0.05, 0.1) is 18.8 Å². The van der Waals surface area contributed by atoms with Crippen LogP contribution in [0.2, 0.25) is 0 Å². The highest BCUT2D eigenvalue weighted by molar-refractivity contribution is 5.87. The molecule has 3 aromatic rings. The van der Waals surface area contributed by atoms with Crippen LogP contribution in [0.3, 0.4) is 0 Å². The Bertz CT molecular complexity index is 826. The van der Waals surface area contributed by atoms with Gasteiger partial charge in [0.25, 0.3) is 0 Å². The van der Waals surface area contributed by atoms with Gasteiger partial charge < -0.3 is 10.1 Å². The molecule has 0 unspecified atom stereocenters. The van der Waals surface area contributed by atoms with E-state index in [1.165, 1.54) is 0 Å². The van der Waals surface area contributed by atoms with E-state index < -0.39 is 6.09 Å². The zero-order chi connectivity index (χ0) is 16.9. The summed E-state index contributed by atoms with van der Waals surface area (Å²) in [5.74, 6) is 0.670. The van der Waals surface area contributed by atoms with Crippen LogP contribution in [0.5, 0.6) is 0 Å². The molecule has 7 heteroatoms. The summed E-state index contributed by atoms with van der Waals surface area (Å²) >= 11 is 0. The highest BCUT2D eigenvalue weighted by Crippen LogP contribution is 2.24. The minimum absolute atomic E-state index is 0.338. The third-order valence-corrected chi connectivity index (χ3v) is 3.59. The van der Waals surface area contributed by atoms with Crippen molar-refractivity contribution in [2.45, 2.75) is 20.4 Å². The molecule has 0 aliphatic rings. The standard InChI is InChI=1S/C17H19N5O2/c1-3-24-17(23)21-15-7-4-6-14(12(15)2)19-10-13-11-22-9-5-8-18-16(22)20-13/h4-9,11,19H,3,10H2,1-2H3,(H,21,23). The predicted molar refractivity (Wildman–Crippen MR) is 92.1 cm³/mol. The van der Waals surface area contributed by atoms with E-state index in [0.717, 1.165) is 22.6 Å². The molecule has 0 fully saturated rings. The van der Waals surface area contributed by atoms with Gasteiger partial charge in [-0.25, -0.2) is 14.8 Å². The quantitative estimate of drug-likeness (QED) is 0.753. The molecule has 1 aromatic carbocycles. The molecule has 2 N–H and O–H groups in total. The van der Waals surface area contributed by atoms with Crippen molar-refractivity contribution in [3.8, 4) is 0 Å². The molecule has 7 nitrogen and oxygen atoms in total. The van der Waals surface area contributed by atoms with Gasteiger partial charge in [0.15, 0.2) is 0 Å². The molecule has 0 saturated carbocycles. The van der Waals surface area contributed by atoms with Crippen LogP contribution < -0.4 is 10.6 Å². The highest BCUT2D eigenvalue weighted by Gasteiger charge is 2.09. The summed E-state index contributed by atoms with van der Waals surface area (Å²) in [5, 5.41) is 6.08. The van der Waals surface area contributed by atoms with Crippen molar-refractivity contribution in [1.29, 1.82) is 0 Å². The molecule has 0 aliphatic carbocycles. The van der Waals surface area contributed by atoms with E-state index in [1.807, 2.05) is 48.0 Å². The number of hydrogen-bond donors (Lipinski definition) is 2. The van der Waals surface area contributed by atoms with Crippen molar-refractivity contribution < 1.29 is 9.53 Å². The molecule has 0 radical (unpaired) electrons. The Morgan fingerprint density at radius 1 is 1.29 bits per heavy atom. The van der Waals surface area contributed by atoms with Gasteiger partial charge in [-0.15, -0.1) is 0 Å². The number of fused-ring (bicyclic) bond motifs is 1. The van der Waals surface area contributed by atoms with Gasteiger partial charge in [-0.3, -0.25) is 9.72 Å². The zero-order valence-electron chi connectivity index (χ0n) is 13.6. The Morgan fingerprint density at radius 2 is 2.12 bits per heavy atom. The minimum atomic E-state index is -0.454. The Hall–Kier alpha value is -3.09. The lowest BCUT2D eigenvalue weighted by Crippen LogP contribution is -2.14. The van der Waals surface area contributed by atoms with Gasteiger partial charge in [-0.1, -0.05) is 6.07 Å². The lowest BCUT2D eigenvalue weighted by atomic mass is 10.1. The number of nitrogens with one attached hydrogen (secondary N) is 2. The molecule has 2 aromatic heterocycles. The van der Waals surface area contributed by atoms with Gasteiger partial charge in [-0.2, -0.15) is 0 Å². The summed E-state index contributed by atoms with van der Waals surface area (Å²) < 4.78 is 6.79. The molecule has 0 spiro atoms. The van der Waals surface area contributed by atoms with Crippen LogP contribution in [0.4, 0.5) is 16.2 Å². The molecule has 124 valence electrons. The van der Waals surface area contributed by atoms with Crippen LogP contribution in [0.1, 0.15) is 18.2 Å². The first-order valence-electron chi connectivity index (χ1n) is 7.73. The fourth-order valence-electron chi connectivity index (χ4n) is 2.39. The normalized spacial score (nSPS) is 10.6. The summed E-state index contributed by atoms with van der Waals surface area (Å²) in [7, 11) is 0. The van der Waals surface area contributed by atoms with Crippen molar-refractivity contribution in [3.63, 3.8) is 0 Å².